The van der Waals surface area contributed by atoms with Crippen LogP contribution < -0.4 is 10.6 Å². The van der Waals surface area contributed by atoms with Gasteiger partial charge in [-0.3, -0.25) is 10.1 Å². The molecule has 1 aliphatic heterocycles. The average molecular weight is 380 g/mol. The molecule has 28 heavy (non-hydrogen) atoms. The van der Waals surface area contributed by atoms with Crippen molar-refractivity contribution in [3.8, 4) is 0 Å². The van der Waals surface area contributed by atoms with Gasteiger partial charge in [-0.1, -0.05) is 31.2 Å². The fourth-order valence-corrected chi connectivity index (χ4v) is 3.16. The molecule has 0 aliphatic carbocycles. The largest absolute Gasteiger partial charge is 0.376 e. The summed E-state index contributed by atoms with van der Waals surface area (Å²) in [6, 6.07) is 13.8. The fourth-order valence-electron chi connectivity index (χ4n) is 3.16. The second-order valence-electron chi connectivity index (χ2n) is 7.27. The first-order valence-corrected chi connectivity index (χ1v) is 9.95. The van der Waals surface area contributed by atoms with E-state index in [1.807, 2.05) is 38.1 Å². The van der Waals surface area contributed by atoms with Gasteiger partial charge in [-0.2, -0.15) is 0 Å². The van der Waals surface area contributed by atoms with Gasteiger partial charge >= 0.3 is 0 Å². The summed E-state index contributed by atoms with van der Waals surface area (Å²) in [7, 11) is 0. The zero-order chi connectivity index (χ0) is 19.9. The van der Waals surface area contributed by atoms with Crippen molar-refractivity contribution in [2.45, 2.75) is 46.1 Å². The first-order chi connectivity index (χ1) is 13.5. The molecule has 0 spiro atoms. The molecule has 0 aromatic heterocycles. The number of anilines is 1. The third-order valence-corrected chi connectivity index (χ3v) is 4.98. The van der Waals surface area contributed by atoms with E-state index in [0.717, 1.165) is 42.7 Å². The highest BCUT2D eigenvalue weighted by Gasteiger charge is 2.16. The predicted molar refractivity (Wildman–Crippen MR) is 114 cm³/mol. The number of benzene rings is 2. The number of carbonyl (C=O) groups is 1. The maximum atomic E-state index is 12.7. The van der Waals surface area contributed by atoms with E-state index in [4.69, 9.17) is 4.74 Å². The molecule has 5 heteroatoms. The molecule has 1 atom stereocenters. The van der Waals surface area contributed by atoms with Crippen LogP contribution in [0, 0.1) is 13.8 Å². The van der Waals surface area contributed by atoms with Crippen molar-refractivity contribution < 1.29 is 9.53 Å². The number of guanidine groups is 1. The zero-order valence-electron chi connectivity index (χ0n) is 16.9. The van der Waals surface area contributed by atoms with Crippen molar-refractivity contribution in [1.82, 2.24) is 5.32 Å². The van der Waals surface area contributed by atoms with Crippen LogP contribution in [0.5, 0.6) is 0 Å². The van der Waals surface area contributed by atoms with Gasteiger partial charge in [-0.25, -0.2) is 4.99 Å². The van der Waals surface area contributed by atoms with E-state index in [0.29, 0.717) is 18.1 Å². The molecule has 1 saturated heterocycles. The van der Waals surface area contributed by atoms with Crippen LogP contribution in [0.4, 0.5) is 5.69 Å². The van der Waals surface area contributed by atoms with Crippen LogP contribution >= 0.6 is 0 Å². The van der Waals surface area contributed by atoms with Crippen LogP contribution in [0.25, 0.3) is 0 Å². The molecule has 5 nitrogen and oxygen atoms in total. The molecule has 1 fully saturated rings. The lowest BCUT2D eigenvalue weighted by Crippen LogP contribution is -2.37. The second kappa shape index (κ2) is 9.51. The van der Waals surface area contributed by atoms with Gasteiger partial charge in [-0.15, -0.1) is 0 Å². The number of hydrogen-bond acceptors (Lipinski definition) is 3. The van der Waals surface area contributed by atoms with E-state index in [9.17, 15) is 4.79 Å². The average Bonchev–Trinajstić information content (AvgIpc) is 3.22. The van der Waals surface area contributed by atoms with E-state index in [-0.39, 0.29) is 12.0 Å². The molecule has 148 valence electrons. The molecule has 0 unspecified atom stereocenters. The van der Waals surface area contributed by atoms with Crippen LogP contribution in [0.3, 0.4) is 0 Å². The summed E-state index contributed by atoms with van der Waals surface area (Å²) in [6.07, 6.45) is 3.14. The van der Waals surface area contributed by atoms with E-state index in [2.05, 4.69) is 40.7 Å². The van der Waals surface area contributed by atoms with Crippen molar-refractivity contribution >= 4 is 17.6 Å². The molecule has 3 rings (SSSR count). The van der Waals surface area contributed by atoms with Crippen molar-refractivity contribution in [3.05, 3.63) is 64.7 Å². The second-order valence-corrected chi connectivity index (χ2v) is 7.27. The summed E-state index contributed by atoms with van der Waals surface area (Å²) >= 11 is 0. The molecule has 1 heterocycles. The van der Waals surface area contributed by atoms with Gasteiger partial charge in [0.1, 0.15) is 0 Å². The Morgan fingerprint density at radius 2 is 1.96 bits per heavy atom. The van der Waals surface area contributed by atoms with Crippen molar-refractivity contribution in [1.29, 1.82) is 0 Å². The van der Waals surface area contributed by atoms with Crippen LogP contribution in [0.15, 0.2) is 47.5 Å². The SMILES string of the molecule is CCc1ccc(C(=O)NC(=NC[C@@H]2CCCO2)Nc2cc(C)ccc2C)cc1. The Kier molecular flexibility index (Phi) is 6.82. The molecule has 0 bridgehead atoms. The number of aliphatic imine (C=N–C) groups is 1. The van der Waals surface area contributed by atoms with E-state index in [1.54, 1.807) is 0 Å². The smallest absolute Gasteiger partial charge is 0.257 e. The number of hydrogen-bond donors (Lipinski definition) is 2. The van der Waals surface area contributed by atoms with Crippen LogP contribution in [-0.4, -0.2) is 31.1 Å². The van der Waals surface area contributed by atoms with Gasteiger partial charge < -0.3 is 10.1 Å². The molecule has 0 radical (unpaired) electrons. The summed E-state index contributed by atoms with van der Waals surface area (Å²) in [5, 5.41) is 6.23. The summed E-state index contributed by atoms with van der Waals surface area (Å²) in [6.45, 7) is 7.49. The zero-order valence-corrected chi connectivity index (χ0v) is 16.9. The van der Waals surface area contributed by atoms with Crippen molar-refractivity contribution in [3.63, 3.8) is 0 Å². The highest BCUT2D eigenvalue weighted by atomic mass is 16.5. The summed E-state index contributed by atoms with van der Waals surface area (Å²) in [5.41, 5.74) is 5.00. The van der Waals surface area contributed by atoms with Gasteiger partial charge in [0.15, 0.2) is 0 Å². The lowest BCUT2D eigenvalue weighted by molar-refractivity contribution is 0.0975. The van der Waals surface area contributed by atoms with Gasteiger partial charge in [0.25, 0.3) is 5.91 Å². The minimum atomic E-state index is -0.174. The van der Waals surface area contributed by atoms with Crippen molar-refractivity contribution in [2.75, 3.05) is 18.5 Å². The minimum absolute atomic E-state index is 0.121. The van der Waals surface area contributed by atoms with E-state index < -0.39 is 0 Å². The number of nitrogens with zero attached hydrogens (tertiary/aromatic N) is 1. The van der Waals surface area contributed by atoms with Crippen LogP contribution in [0.1, 0.15) is 46.8 Å². The van der Waals surface area contributed by atoms with Gasteiger partial charge in [-0.05, 0) is 68.0 Å². The van der Waals surface area contributed by atoms with Gasteiger partial charge in [0.2, 0.25) is 5.96 Å². The molecule has 0 saturated carbocycles. The molecule has 2 aromatic carbocycles. The summed E-state index contributed by atoms with van der Waals surface area (Å²) in [4.78, 5) is 17.3. The fraction of sp³-hybridized carbons (Fsp3) is 0.391. The normalized spacial score (nSPS) is 16.8. The van der Waals surface area contributed by atoms with Gasteiger partial charge in [0, 0.05) is 17.9 Å². The quantitative estimate of drug-likeness (QED) is 0.603. The maximum absolute atomic E-state index is 12.7. The van der Waals surface area contributed by atoms with Crippen LogP contribution in [0.2, 0.25) is 0 Å². The molecule has 2 N–H and O–H groups in total. The van der Waals surface area contributed by atoms with Crippen LogP contribution in [-0.2, 0) is 11.2 Å². The molecular formula is C23H29N3O2. The number of rotatable bonds is 5. The Bertz CT molecular complexity index is 837. The monoisotopic (exact) mass is 379 g/mol. The molecule has 2 aromatic rings. The number of amides is 1. The topological polar surface area (TPSA) is 62.7 Å². The third kappa shape index (κ3) is 5.42. The third-order valence-electron chi connectivity index (χ3n) is 4.98. The Balaban J connectivity index is 1.77. The highest BCUT2D eigenvalue weighted by Crippen LogP contribution is 2.17. The number of carbonyl (C=O) groups excluding carboxylic acids is 1. The van der Waals surface area contributed by atoms with Crippen molar-refractivity contribution in [2.24, 2.45) is 4.99 Å². The Morgan fingerprint density at radius 3 is 2.64 bits per heavy atom. The number of ether oxygens (including phenoxy) is 1. The van der Waals surface area contributed by atoms with Gasteiger partial charge in [0.05, 0.1) is 12.6 Å². The standard InChI is InChI=1S/C23H29N3O2/c1-4-18-9-11-19(12-10-18)22(27)26-23(24-15-20-6-5-13-28-20)25-21-14-16(2)7-8-17(21)3/h7-12,14,20H,4-6,13,15H2,1-3H3,(H2,24,25,26,27)/t20-/m0/s1. The Hall–Kier alpha value is -2.66. The number of nitrogens with one attached hydrogen (secondary N) is 2. The Labute approximate surface area is 167 Å². The highest BCUT2D eigenvalue weighted by molar-refractivity contribution is 6.10. The molecule has 1 amide bonds. The van der Waals surface area contributed by atoms with E-state index >= 15 is 0 Å². The molecular weight excluding hydrogens is 350 g/mol. The van der Waals surface area contributed by atoms with E-state index in [1.165, 1.54) is 5.56 Å². The minimum Gasteiger partial charge on any atom is -0.376 e. The predicted octanol–water partition coefficient (Wildman–Crippen LogP) is 4.24. The lowest BCUT2D eigenvalue weighted by atomic mass is 10.1. The number of aryl methyl sites for hydroxylation is 3. The first-order valence-electron chi connectivity index (χ1n) is 9.95. The molecule has 1 aliphatic rings. The first kappa shape index (κ1) is 20.1. The Morgan fingerprint density at radius 1 is 1.18 bits per heavy atom. The maximum Gasteiger partial charge on any atom is 0.257 e. The lowest BCUT2D eigenvalue weighted by Gasteiger charge is -2.15. The summed E-state index contributed by atoms with van der Waals surface area (Å²) < 4.78 is 5.66. The summed E-state index contributed by atoms with van der Waals surface area (Å²) in [5.74, 6) is 0.278.